The zero-order chi connectivity index (χ0) is 12.1. The molecule has 1 N–H and O–H groups in total. The monoisotopic (exact) mass is 222 g/mol. The summed E-state index contributed by atoms with van der Waals surface area (Å²) in [5, 5.41) is 18.2. The third-order valence-corrected chi connectivity index (χ3v) is 2.29. The summed E-state index contributed by atoms with van der Waals surface area (Å²) in [7, 11) is 0. The maximum Gasteiger partial charge on any atom is 0.141 e. The fourth-order valence-electron chi connectivity index (χ4n) is 1.38. The van der Waals surface area contributed by atoms with Crippen LogP contribution in [0.4, 0.5) is 0 Å². The second kappa shape index (κ2) is 4.95. The smallest absolute Gasteiger partial charge is 0.141 e. The lowest BCUT2D eigenvalue weighted by Crippen LogP contribution is -1.80. The standard InChI is InChI=1S/C14H10N2O/c15-10-12-5-3-11(4-6-12)7-8-13-14(17)2-1-9-16-13/h1-9,17H. The predicted octanol–water partition coefficient (Wildman–Crippen LogP) is 2.83. The first-order chi connectivity index (χ1) is 8.29. The van der Waals surface area contributed by atoms with Crippen LogP contribution in [0, 0.1) is 11.3 Å². The van der Waals surface area contributed by atoms with Gasteiger partial charge in [0.15, 0.2) is 0 Å². The van der Waals surface area contributed by atoms with Gasteiger partial charge in [-0.1, -0.05) is 18.2 Å². The van der Waals surface area contributed by atoms with E-state index in [0.29, 0.717) is 11.3 Å². The van der Waals surface area contributed by atoms with E-state index >= 15 is 0 Å². The molecule has 0 amide bonds. The number of hydrogen-bond acceptors (Lipinski definition) is 3. The molecule has 0 aliphatic carbocycles. The number of rotatable bonds is 2. The molecule has 0 spiro atoms. The topological polar surface area (TPSA) is 56.9 Å². The van der Waals surface area contributed by atoms with E-state index in [1.807, 2.05) is 18.2 Å². The van der Waals surface area contributed by atoms with Crippen molar-refractivity contribution in [3.8, 4) is 11.8 Å². The minimum Gasteiger partial charge on any atom is -0.506 e. The third kappa shape index (κ3) is 2.70. The molecule has 17 heavy (non-hydrogen) atoms. The van der Waals surface area contributed by atoms with Gasteiger partial charge in [0.1, 0.15) is 11.4 Å². The van der Waals surface area contributed by atoms with Crippen LogP contribution in [0.5, 0.6) is 5.75 Å². The van der Waals surface area contributed by atoms with E-state index < -0.39 is 0 Å². The second-order valence-electron chi connectivity index (χ2n) is 3.47. The first kappa shape index (κ1) is 10.9. The van der Waals surface area contributed by atoms with E-state index in [0.717, 1.165) is 5.56 Å². The van der Waals surface area contributed by atoms with Gasteiger partial charge in [-0.05, 0) is 35.9 Å². The van der Waals surface area contributed by atoms with Crippen LogP contribution in [0.3, 0.4) is 0 Å². The molecule has 3 nitrogen and oxygen atoms in total. The molecular weight excluding hydrogens is 212 g/mol. The molecule has 2 aromatic rings. The first-order valence-electron chi connectivity index (χ1n) is 5.12. The van der Waals surface area contributed by atoms with E-state index in [4.69, 9.17) is 5.26 Å². The summed E-state index contributed by atoms with van der Waals surface area (Å²) >= 11 is 0. The van der Waals surface area contributed by atoms with Crippen molar-refractivity contribution in [2.45, 2.75) is 0 Å². The molecule has 1 aromatic carbocycles. The lowest BCUT2D eigenvalue weighted by atomic mass is 10.1. The molecule has 0 aliphatic rings. The van der Waals surface area contributed by atoms with E-state index in [2.05, 4.69) is 11.1 Å². The molecule has 0 unspecified atom stereocenters. The Hall–Kier alpha value is -2.60. The van der Waals surface area contributed by atoms with Crippen molar-refractivity contribution in [2.75, 3.05) is 0 Å². The highest BCUT2D eigenvalue weighted by Gasteiger charge is 1.95. The molecular formula is C14H10N2O. The summed E-state index contributed by atoms with van der Waals surface area (Å²) in [5.74, 6) is 0.150. The minimum absolute atomic E-state index is 0.150. The van der Waals surface area contributed by atoms with Gasteiger partial charge in [0.2, 0.25) is 0 Å². The molecule has 0 atom stereocenters. The Morgan fingerprint density at radius 3 is 2.53 bits per heavy atom. The van der Waals surface area contributed by atoms with E-state index in [9.17, 15) is 5.11 Å². The number of aromatic hydroxyl groups is 1. The van der Waals surface area contributed by atoms with Gasteiger partial charge < -0.3 is 5.11 Å². The van der Waals surface area contributed by atoms with Crippen molar-refractivity contribution < 1.29 is 5.11 Å². The number of nitrogens with zero attached hydrogens (tertiary/aromatic N) is 2. The van der Waals surface area contributed by atoms with Gasteiger partial charge >= 0.3 is 0 Å². The fourth-order valence-corrected chi connectivity index (χ4v) is 1.38. The maximum atomic E-state index is 9.51. The van der Waals surface area contributed by atoms with Crippen molar-refractivity contribution in [3.05, 3.63) is 59.4 Å². The summed E-state index contributed by atoms with van der Waals surface area (Å²) < 4.78 is 0. The highest BCUT2D eigenvalue weighted by Crippen LogP contribution is 2.16. The Morgan fingerprint density at radius 2 is 1.88 bits per heavy atom. The van der Waals surface area contributed by atoms with Crippen LogP contribution in [0.25, 0.3) is 12.2 Å². The van der Waals surface area contributed by atoms with Crippen LogP contribution in [0.1, 0.15) is 16.8 Å². The number of hydrogen-bond donors (Lipinski definition) is 1. The normalized spacial score (nSPS) is 10.3. The van der Waals surface area contributed by atoms with Gasteiger partial charge in [0, 0.05) is 6.20 Å². The van der Waals surface area contributed by atoms with Crippen molar-refractivity contribution in [2.24, 2.45) is 0 Å². The van der Waals surface area contributed by atoms with Crippen LogP contribution in [0.15, 0.2) is 42.6 Å². The number of pyridine rings is 1. The summed E-state index contributed by atoms with van der Waals surface area (Å²) in [4.78, 5) is 4.04. The highest BCUT2D eigenvalue weighted by molar-refractivity contribution is 5.70. The van der Waals surface area contributed by atoms with E-state index in [-0.39, 0.29) is 5.75 Å². The second-order valence-corrected chi connectivity index (χ2v) is 3.47. The lowest BCUT2D eigenvalue weighted by molar-refractivity contribution is 0.471. The third-order valence-electron chi connectivity index (χ3n) is 2.29. The van der Waals surface area contributed by atoms with Crippen molar-refractivity contribution in [1.29, 1.82) is 5.26 Å². The number of nitriles is 1. The van der Waals surface area contributed by atoms with Crippen LogP contribution < -0.4 is 0 Å². The lowest BCUT2D eigenvalue weighted by Gasteiger charge is -1.96. The van der Waals surface area contributed by atoms with Crippen LogP contribution >= 0.6 is 0 Å². The molecule has 0 saturated carbocycles. The van der Waals surface area contributed by atoms with E-state index in [1.165, 1.54) is 0 Å². The zero-order valence-electron chi connectivity index (χ0n) is 9.04. The minimum atomic E-state index is 0.150. The molecule has 0 bridgehead atoms. The van der Waals surface area contributed by atoms with Gasteiger partial charge in [-0.25, -0.2) is 0 Å². The maximum absolute atomic E-state index is 9.51. The molecule has 2 rings (SSSR count). The zero-order valence-corrected chi connectivity index (χ0v) is 9.04. The number of benzene rings is 1. The van der Waals surface area contributed by atoms with Gasteiger partial charge in [-0.3, -0.25) is 4.98 Å². The molecule has 0 fully saturated rings. The molecule has 82 valence electrons. The summed E-state index contributed by atoms with van der Waals surface area (Å²) in [6.07, 6.45) is 5.19. The Labute approximate surface area is 99.3 Å². The summed E-state index contributed by atoms with van der Waals surface area (Å²) in [6, 6.07) is 12.5. The predicted molar refractivity (Wildman–Crippen MR) is 66.0 cm³/mol. The van der Waals surface area contributed by atoms with Gasteiger partial charge in [0.05, 0.1) is 11.6 Å². The molecule has 1 heterocycles. The Balaban J connectivity index is 2.21. The molecule has 0 saturated heterocycles. The molecule has 3 heteroatoms. The largest absolute Gasteiger partial charge is 0.506 e. The van der Waals surface area contributed by atoms with Gasteiger partial charge in [-0.2, -0.15) is 5.26 Å². The molecule has 0 aliphatic heterocycles. The van der Waals surface area contributed by atoms with Crippen molar-refractivity contribution in [3.63, 3.8) is 0 Å². The van der Waals surface area contributed by atoms with Gasteiger partial charge in [-0.15, -0.1) is 0 Å². The SMILES string of the molecule is N#Cc1ccc(C=Cc2ncccc2O)cc1. The Kier molecular flexibility index (Phi) is 3.18. The van der Waals surface area contributed by atoms with Crippen molar-refractivity contribution in [1.82, 2.24) is 4.98 Å². The first-order valence-corrected chi connectivity index (χ1v) is 5.12. The van der Waals surface area contributed by atoms with Crippen LogP contribution in [0.2, 0.25) is 0 Å². The van der Waals surface area contributed by atoms with E-state index in [1.54, 1.807) is 36.5 Å². The van der Waals surface area contributed by atoms with Crippen LogP contribution in [-0.4, -0.2) is 10.1 Å². The van der Waals surface area contributed by atoms with Gasteiger partial charge in [0.25, 0.3) is 0 Å². The quantitative estimate of drug-likeness (QED) is 0.850. The molecule has 1 aromatic heterocycles. The average Bonchev–Trinajstić information content (AvgIpc) is 2.38. The number of aromatic nitrogens is 1. The Morgan fingerprint density at radius 1 is 1.12 bits per heavy atom. The Bertz CT molecular complexity index is 580. The highest BCUT2D eigenvalue weighted by atomic mass is 16.3. The fraction of sp³-hybridized carbons (Fsp3) is 0. The van der Waals surface area contributed by atoms with Crippen molar-refractivity contribution >= 4 is 12.2 Å². The average molecular weight is 222 g/mol. The van der Waals surface area contributed by atoms with Crippen LogP contribution in [-0.2, 0) is 0 Å². The summed E-state index contributed by atoms with van der Waals surface area (Å²) in [5.41, 5.74) is 2.11. The molecule has 0 radical (unpaired) electrons. The summed E-state index contributed by atoms with van der Waals surface area (Å²) in [6.45, 7) is 0.